The summed E-state index contributed by atoms with van der Waals surface area (Å²) in [7, 11) is 0. The van der Waals surface area contributed by atoms with Gasteiger partial charge in [0.1, 0.15) is 11.6 Å². The van der Waals surface area contributed by atoms with Gasteiger partial charge >= 0.3 is 0 Å². The molecule has 23 heavy (non-hydrogen) atoms. The van der Waals surface area contributed by atoms with Gasteiger partial charge in [-0.15, -0.1) is 10.2 Å². The Morgan fingerprint density at radius 1 is 1.26 bits per heavy atom. The molecule has 2 heterocycles. The van der Waals surface area contributed by atoms with E-state index in [-0.39, 0.29) is 11.8 Å². The van der Waals surface area contributed by atoms with Crippen LogP contribution in [0.2, 0.25) is 10.0 Å². The summed E-state index contributed by atoms with van der Waals surface area (Å²) in [5, 5.41) is 11.3. The summed E-state index contributed by atoms with van der Waals surface area (Å²) >= 11 is 13.1. The highest BCUT2D eigenvalue weighted by molar-refractivity contribution is 7.13. The molecular weight excluding hydrogens is 359 g/mol. The molecule has 1 aromatic carbocycles. The molecule has 1 aliphatic rings. The molecule has 3 rings (SSSR count). The number of amides is 2. The molecule has 1 aromatic heterocycles. The summed E-state index contributed by atoms with van der Waals surface area (Å²) in [6, 6.07) is 4.12. The zero-order chi connectivity index (χ0) is 16.4. The van der Waals surface area contributed by atoms with Gasteiger partial charge in [0.2, 0.25) is 11.0 Å². The summed E-state index contributed by atoms with van der Waals surface area (Å²) in [6.45, 7) is 0.511. The maximum absolute atomic E-state index is 12.7. The first-order chi connectivity index (χ1) is 11.0. The number of hydrogen-bond acceptors (Lipinski definition) is 5. The number of halogens is 2. The first-order valence-electron chi connectivity index (χ1n) is 6.88. The van der Waals surface area contributed by atoms with Gasteiger partial charge in [-0.3, -0.25) is 14.9 Å². The third kappa shape index (κ3) is 3.63. The molecule has 0 bridgehead atoms. The zero-order valence-corrected chi connectivity index (χ0v) is 14.2. The monoisotopic (exact) mass is 370 g/mol. The van der Waals surface area contributed by atoms with E-state index in [2.05, 4.69) is 15.5 Å². The molecule has 0 spiro atoms. The van der Waals surface area contributed by atoms with Gasteiger partial charge in [-0.2, -0.15) is 0 Å². The van der Waals surface area contributed by atoms with E-state index in [4.69, 9.17) is 23.2 Å². The van der Waals surface area contributed by atoms with Gasteiger partial charge in [-0.05, 0) is 31.0 Å². The normalized spacial score (nSPS) is 17.3. The summed E-state index contributed by atoms with van der Waals surface area (Å²) < 4.78 is 0. The lowest BCUT2D eigenvalue weighted by Gasteiger charge is -2.23. The molecule has 0 aliphatic carbocycles. The average molecular weight is 371 g/mol. The molecular formula is C14H12Cl2N4O2S. The minimum atomic E-state index is -0.538. The minimum absolute atomic E-state index is 0.260. The van der Waals surface area contributed by atoms with Gasteiger partial charge in [0, 0.05) is 22.2 Å². The molecule has 0 radical (unpaired) electrons. The van der Waals surface area contributed by atoms with Gasteiger partial charge in [0.05, 0.1) is 0 Å². The van der Waals surface area contributed by atoms with E-state index >= 15 is 0 Å². The predicted octanol–water partition coefficient (Wildman–Crippen LogP) is 3.09. The molecule has 2 aromatic rings. The van der Waals surface area contributed by atoms with Crippen LogP contribution in [0.5, 0.6) is 0 Å². The standard InChI is InChI=1S/C14H12Cl2N4O2S/c15-9-4-8(5-10(16)6-9)13(22)20-3-1-2-11(20)12(21)18-14-19-17-7-23-14/h4-7,11H,1-3H2,(H,18,19,21). The second kappa shape index (κ2) is 6.82. The maximum atomic E-state index is 12.7. The number of likely N-dealkylation sites (tertiary alicyclic amines) is 1. The van der Waals surface area contributed by atoms with Crippen LogP contribution in [0.15, 0.2) is 23.7 Å². The number of nitrogens with zero attached hydrogens (tertiary/aromatic N) is 3. The Morgan fingerprint density at radius 2 is 2.00 bits per heavy atom. The van der Waals surface area contributed by atoms with Crippen molar-refractivity contribution in [1.29, 1.82) is 0 Å². The number of hydrogen-bond donors (Lipinski definition) is 1. The second-order valence-electron chi connectivity index (χ2n) is 5.05. The van der Waals surface area contributed by atoms with Crippen molar-refractivity contribution in [3.63, 3.8) is 0 Å². The molecule has 0 saturated carbocycles. The van der Waals surface area contributed by atoms with Crippen LogP contribution in [0.3, 0.4) is 0 Å². The Hall–Kier alpha value is -1.70. The SMILES string of the molecule is O=C(Nc1nncs1)C1CCCN1C(=O)c1cc(Cl)cc(Cl)c1. The smallest absolute Gasteiger partial charge is 0.254 e. The second-order valence-corrected chi connectivity index (χ2v) is 6.75. The molecule has 1 saturated heterocycles. The fourth-order valence-electron chi connectivity index (χ4n) is 2.54. The van der Waals surface area contributed by atoms with E-state index in [9.17, 15) is 9.59 Å². The molecule has 2 amide bonds. The zero-order valence-electron chi connectivity index (χ0n) is 11.8. The first kappa shape index (κ1) is 16.2. The molecule has 6 nitrogen and oxygen atoms in total. The van der Waals surface area contributed by atoms with Crippen LogP contribution >= 0.6 is 34.5 Å². The van der Waals surface area contributed by atoms with Crippen LogP contribution in [0.25, 0.3) is 0 Å². The van der Waals surface area contributed by atoms with Crippen LogP contribution in [-0.2, 0) is 4.79 Å². The highest BCUT2D eigenvalue weighted by atomic mass is 35.5. The van der Waals surface area contributed by atoms with Crippen LogP contribution < -0.4 is 5.32 Å². The number of nitrogens with one attached hydrogen (secondary N) is 1. The van der Waals surface area contributed by atoms with Crippen molar-refractivity contribution in [1.82, 2.24) is 15.1 Å². The van der Waals surface area contributed by atoms with Gasteiger partial charge < -0.3 is 4.90 Å². The number of aromatic nitrogens is 2. The maximum Gasteiger partial charge on any atom is 0.254 e. The van der Waals surface area contributed by atoms with Crippen molar-refractivity contribution in [2.45, 2.75) is 18.9 Å². The van der Waals surface area contributed by atoms with Crippen LogP contribution in [0, 0.1) is 0 Å². The molecule has 1 fully saturated rings. The quantitative estimate of drug-likeness (QED) is 0.900. The number of benzene rings is 1. The van der Waals surface area contributed by atoms with E-state index in [1.807, 2.05) is 0 Å². The van der Waals surface area contributed by atoms with E-state index in [1.165, 1.54) is 16.8 Å². The summed E-state index contributed by atoms with van der Waals surface area (Å²) in [4.78, 5) is 26.6. The van der Waals surface area contributed by atoms with Crippen molar-refractivity contribution in [2.24, 2.45) is 0 Å². The highest BCUT2D eigenvalue weighted by Gasteiger charge is 2.35. The summed E-state index contributed by atoms with van der Waals surface area (Å²) in [5.41, 5.74) is 1.90. The molecule has 1 unspecified atom stereocenters. The molecule has 120 valence electrons. The lowest BCUT2D eigenvalue weighted by molar-refractivity contribution is -0.119. The van der Waals surface area contributed by atoms with Crippen molar-refractivity contribution in [3.05, 3.63) is 39.3 Å². The van der Waals surface area contributed by atoms with Gasteiger partial charge in [-0.1, -0.05) is 34.5 Å². The van der Waals surface area contributed by atoms with Crippen LogP contribution in [0.1, 0.15) is 23.2 Å². The fourth-order valence-corrected chi connectivity index (χ4v) is 3.52. The Morgan fingerprint density at radius 3 is 2.65 bits per heavy atom. The minimum Gasteiger partial charge on any atom is -0.327 e. The van der Waals surface area contributed by atoms with Crippen molar-refractivity contribution in [3.8, 4) is 0 Å². The van der Waals surface area contributed by atoms with E-state index < -0.39 is 6.04 Å². The lowest BCUT2D eigenvalue weighted by atomic mass is 10.1. The third-order valence-electron chi connectivity index (χ3n) is 3.52. The van der Waals surface area contributed by atoms with Crippen LogP contribution in [0.4, 0.5) is 5.13 Å². The van der Waals surface area contributed by atoms with Gasteiger partial charge in [0.25, 0.3) is 5.91 Å². The average Bonchev–Trinajstić information content (AvgIpc) is 3.16. The lowest BCUT2D eigenvalue weighted by Crippen LogP contribution is -2.43. The van der Waals surface area contributed by atoms with Crippen LogP contribution in [-0.4, -0.2) is 39.5 Å². The third-order valence-corrected chi connectivity index (χ3v) is 4.56. The van der Waals surface area contributed by atoms with E-state index in [1.54, 1.807) is 23.1 Å². The Balaban J connectivity index is 1.77. The highest BCUT2D eigenvalue weighted by Crippen LogP contribution is 2.25. The Labute approximate surface area is 146 Å². The van der Waals surface area contributed by atoms with Crippen molar-refractivity contribution >= 4 is 51.5 Å². The number of carbonyl (C=O) groups excluding carboxylic acids is 2. The molecule has 9 heteroatoms. The van der Waals surface area contributed by atoms with Gasteiger partial charge in [-0.25, -0.2) is 0 Å². The number of anilines is 1. The van der Waals surface area contributed by atoms with E-state index in [0.29, 0.717) is 33.7 Å². The topological polar surface area (TPSA) is 75.2 Å². The molecule has 1 atom stereocenters. The van der Waals surface area contributed by atoms with E-state index in [0.717, 1.165) is 6.42 Å². The summed E-state index contributed by atoms with van der Waals surface area (Å²) in [5.74, 6) is -0.523. The predicted molar refractivity (Wildman–Crippen MR) is 89.1 cm³/mol. The molecule has 1 aliphatic heterocycles. The summed E-state index contributed by atoms with van der Waals surface area (Å²) in [6.07, 6.45) is 1.36. The van der Waals surface area contributed by atoms with Crippen molar-refractivity contribution < 1.29 is 9.59 Å². The Kier molecular flexibility index (Phi) is 4.79. The molecule has 1 N–H and O–H groups in total. The van der Waals surface area contributed by atoms with Gasteiger partial charge in [0.15, 0.2) is 0 Å². The number of carbonyl (C=O) groups is 2. The largest absolute Gasteiger partial charge is 0.327 e. The fraction of sp³-hybridized carbons (Fsp3) is 0.286. The Bertz CT molecular complexity index is 718. The van der Waals surface area contributed by atoms with Crippen molar-refractivity contribution in [2.75, 3.05) is 11.9 Å². The first-order valence-corrected chi connectivity index (χ1v) is 8.52. The number of rotatable bonds is 3.